The van der Waals surface area contributed by atoms with Gasteiger partial charge in [0.25, 0.3) is 10.1 Å². The van der Waals surface area contributed by atoms with E-state index in [0.29, 0.717) is 6.42 Å². The highest BCUT2D eigenvalue weighted by Crippen LogP contribution is 2.14. The summed E-state index contributed by atoms with van der Waals surface area (Å²) in [7, 11) is -3.78. The molecule has 0 atom stereocenters. The van der Waals surface area contributed by atoms with Crippen molar-refractivity contribution < 1.29 is 13.0 Å². The Morgan fingerprint density at radius 3 is 2.41 bits per heavy atom. The van der Waals surface area contributed by atoms with Crippen molar-refractivity contribution in [3.8, 4) is 0 Å². The number of unbranched alkanes of at least 4 members (excludes halogenated alkanes) is 2. The van der Waals surface area contributed by atoms with Gasteiger partial charge in [-0.15, -0.1) is 0 Å². The number of benzene rings is 1. The van der Waals surface area contributed by atoms with Crippen molar-refractivity contribution in [1.29, 1.82) is 0 Å². The molecule has 1 aromatic carbocycles. The second-order valence-corrected chi connectivity index (χ2v) is 6.10. The first-order chi connectivity index (χ1) is 7.88. The Morgan fingerprint density at radius 2 is 1.82 bits per heavy atom. The van der Waals surface area contributed by atoms with Crippen molar-refractivity contribution in [3.05, 3.63) is 34.9 Å². The highest BCUT2D eigenvalue weighted by Gasteiger charge is 2.04. The SMILES string of the molecule is Cc1ccc(CCCCCS(=O)(=O)O)c(C)c1. The Kier molecular flexibility index (Phi) is 5.15. The van der Waals surface area contributed by atoms with Gasteiger partial charge < -0.3 is 0 Å². The molecule has 0 spiro atoms. The fourth-order valence-corrected chi connectivity index (χ4v) is 2.47. The highest BCUT2D eigenvalue weighted by atomic mass is 32.2. The van der Waals surface area contributed by atoms with E-state index in [2.05, 4.69) is 32.0 Å². The molecule has 0 amide bonds. The molecular formula is C13H20O3S. The Bertz CT molecular complexity index is 464. The lowest BCUT2D eigenvalue weighted by Crippen LogP contribution is -2.03. The quantitative estimate of drug-likeness (QED) is 0.629. The van der Waals surface area contributed by atoms with Crippen LogP contribution < -0.4 is 0 Å². The van der Waals surface area contributed by atoms with Crippen LogP contribution in [0.5, 0.6) is 0 Å². The molecule has 4 heteroatoms. The summed E-state index contributed by atoms with van der Waals surface area (Å²) < 4.78 is 29.6. The molecule has 0 aliphatic rings. The van der Waals surface area contributed by atoms with E-state index < -0.39 is 10.1 Å². The third-order valence-corrected chi connectivity index (χ3v) is 3.65. The van der Waals surface area contributed by atoms with Crippen LogP contribution in [-0.2, 0) is 16.5 Å². The summed E-state index contributed by atoms with van der Waals surface area (Å²) >= 11 is 0. The monoisotopic (exact) mass is 256 g/mol. The smallest absolute Gasteiger partial charge is 0.264 e. The van der Waals surface area contributed by atoms with Crippen LogP contribution in [0.4, 0.5) is 0 Å². The van der Waals surface area contributed by atoms with E-state index >= 15 is 0 Å². The van der Waals surface area contributed by atoms with Crippen molar-refractivity contribution in [2.24, 2.45) is 0 Å². The van der Waals surface area contributed by atoms with Gasteiger partial charge in [-0.1, -0.05) is 30.2 Å². The first kappa shape index (κ1) is 14.2. The number of hydrogen-bond acceptors (Lipinski definition) is 2. The topological polar surface area (TPSA) is 54.4 Å². The fourth-order valence-electron chi connectivity index (χ4n) is 1.90. The molecule has 0 saturated heterocycles. The standard InChI is InChI=1S/C13H20O3S/c1-11-7-8-13(12(2)10-11)6-4-3-5-9-17(14,15)16/h7-8,10H,3-6,9H2,1-2H3,(H,14,15,16). The minimum Gasteiger partial charge on any atom is -0.286 e. The maximum absolute atomic E-state index is 10.5. The van der Waals surface area contributed by atoms with E-state index in [1.165, 1.54) is 16.7 Å². The minimum atomic E-state index is -3.78. The molecule has 0 fully saturated rings. The third kappa shape index (κ3) is 5.84. The number of hydrogen-bond donors (Lipinski definition) is 1. The summed E-state index contributed by atoms with van der Waals surface area (Å²) in [4.78, 5) is 0. The Labute approximate surface area is 104 Å². The van der Waals surface area contributed by atoms with Gasteiger partial charge in [0.1, 0.15) is 0 Å². The molecule has 0 aliphatic carbocycles. The molecule has 0 aromatic heterocycles. The Balaban J connectivity index is 2.32. The predicted molar refractivity (Wildman–Crippen MR) is 69.9 cm³/mol. The van der Waals surface area contributed by atoms with E-state index in [0.717, 1.165) is 19.3 Å². The summed E-state index contributed by atoms with van der Waals surface area (Å²) in [6.45, 7) is 4.17. The van der Waals surface area contributed by atoms with Crippen molar-refractivity contribution in [1.82, 2.24) is 0 Å². The van der Waals surface area contributed by atoms with Crippen LogP contribution in [0, 0.1) is 13.8 Å². The molecule has 0 radical (unpaired) electrons. The average molecular weight is 256 g/mol. The first-order valence-electron chi connectivity index (χ1n) is 5.90. The Hall–Kier alpha value is -0.870. The van der Waals surface area contributed by atoms with Crippen LogP contribution in [0.2, 0.25) is 0 Å². The Morgan fingerprint density at radius 1 is 1.12 bits per heavy atom. The van der Waals surface area contributed by atoms with Gasteiger partial charge in [0, 0.05) is 0 Å². The average Bonchev–Trinajstić information content (AvgIpc) is 2.18. The van der Waals surface area contributed by atoms with Gasteiger partial charge in [0.2, 0.25) is 0 Å². The van der Waals surface area contributed by atoms with Gasteiger partial charge in [-0.05, 0) is 44.2 Å². The van der Waals surface area contributed by atoms with Crippen molar-refractivity contribution in [2.75, 3.05) is 5.75 Å². The molecule has 1 rings (SSSR count). The van der Waals surface area contributed by atoms with Crippen molar-refractivity contribution >= 4 is 10.1 Å². The molecule has 0 bridgehead atoms. The summed E-state index contributed by atoms with van der Waals surface area (Å²) in [6, 6.07) is 6.39. The lowest BCUT2D eigenvalue weighted by atomic mass is 10.0. The van der Waals surface area contributed by atoms with Crippen LogP contribution in [0.15, 0.2) is 18.2 Å². The maximum atomic E-state index is 10.5. The molecular weight excluding hydrogens is 236 g/mol. The van der Waals surface area contributed by atoms with Crippen LogP contribution in [0.3, 0.4) is 0 Å². The largest absolute Gasteiger partial charge is 0.286 e. The number of aryl methyl sites for hydroxylation is 3. The van der Waals surface area contributed by atoms with E-state index in [-0.39, 0.29) is 5.75 Å². The molecule has 0 aliphatic heterocycles. The summed E-state index contributed by atoms with van der Waals surface area (Å²) in [5, 5.41) is 0. The van der Waals surface area contributed by atoms with Gasteiger partial charge in [0.05, 0.1) is 5.75 Å². The second-order valence-electron chi connectivity index (χ2n) is 4.53. The van der Waals surface area contributed by atoms with Crippen LogP contribution >= 0.6 is 0 Å². The van der Waals surface area contributed by atoms with Crippen LogP contribution in [-0.4, -0.2) is 18.7 Å². The van der Waals surface area contributed by atoms with Gasteiger partial charge in [-0.3, -0.25) is 4.55 Å². The zero-order valence-corrected chi connectivity index (χ0v) is 11.3. The second kappa shape index (κ2) is 6.17. The van der Waals surface area contributed by atoms with Gasteiger partial charge in [-0.25, -0.2) is 0 Å². The zero-order valence-electron chi connectivity index (χ0n) is 10.4. The molecule has 96 valence electrons. The molecule has 3 nitrogen and oxygen atoms in total. The molecule has 0 heterocycles. The summed E-state index contributed by atoms with van der Waals surface area (Å²) in [5.41, 5.74) is 3.87. The molecule has 0 unspecified atom stereocenters. The maximum Gasteiger partial charge on any atom is 0.264 e. The highest BCUT2D eigenvalue weighted by molar-refractivity contribution is 7.85. The zero-order chi connectivity index (χ0) is 12.9. The van der Waals surface area contributed by atoms with Gasteiger partial charge in [0.15, 0.2) is 0 Å². The summed E-state index contributed by atoms with van der Waals surface area (Å²) in [6.07, 6.45) is 3.29. The van der Waals surface area contributed by atoms with E-state index in [9.17, 15) is 8.42 Å². The lowest BCUT2D eigenvalue weighted by Gasteiger charge is -2.06. The summed E-state index contributed by atoms with van der Waals surface area (Å²) in [5.74, 6) is -0.125. The molecule has 1 N–H and O–H groups in total. The van der Waals surface area contributed by atoms with E-state index in [4.69, 9.17) is 4.55 Å². The third-order valence-electron chi connectivity index (χ3n) is 2.85. The van der Waals surface area contributed by atoms with Gasteiger partial charge >= 0.3 is 0 Å². The molecule has 0 saturated carbocycles. The van der Waals surface area contributed by atoms with Crippen molar-refractivity contribution in [3.63, 3.8) is 0 Å². The lowest BCUT2D eigenvalue weighted by molar-refractivity contribution is 0.479. The van der Waals surface area contributed by atoms with Gasteiger partial charge in [-0.2, -0.15) is 8.42 Å². The van der Waals surface area contributed by atoms with E-state index in [1.54, 1.807) is 0 Å². The van der Waals surface area contributed by atoms with E-state index in [1.807, 2.05) is 0 Å². The molecule has 1 aromatic rings. The first-order valence-corrected chi connectivity index (χ1v) is 7.51. The normalized spacial score (nSPS) is 11.7. The van der Waals surface area contributed by atoms with Crippen LogP contribution in [0.25, 0.3) is 0 Å². The van der Waals surface area contributed by atoms with Crippen molar-refractivity contribution in [2.45, 2.75) is 39.5 Å². The molecule has 17 heavy (non-hydrogen) atoms. The fraction of sp³-hybridized carbons (Fsp3) is 0.538. The minimum absolute atomic E-state index is 0.125. The predicted octanol–water partition coefficient (Wildman–Crippen LogP) is 2.90. The number of rotatable bonds is 6. The van der Waals surface area contributed by atoms with Crippen LogP contribution in [0.1, 0.15) is 36.0 Å².